The number of halogens is 1. The minimum atomic E-state index is -1.13. The zero-order chi connectivity index (χ0) is 22.4. The Morgan fingerprint density at radius 1 is 1.26 bits per heavy atom. The van der Waals surface area contributed by atoms with Gasteiger partial charge in [0.2, 0.25) is 0 Å². The normalized spacial score (nSPS) is 13.2. The average Bonchev–Trinajstić information content (AvgIpc) is 3.54. The predicted molar refractivity (Wildman–Crippen MR) is 120 cm³/mol. The number of thioether (sulfide) groups is 1. The van der Waals surface area contributed by atoms with Crippen molar-refractivity contribution >= 4 is 35.1 Å². The maximum absolute atomic E-state index is 12.1. The summed E-state index contributed by atoms with van der Waals surface area (Å²) in [7, 11) is 0. The number of ether oxygens (including phenoxy) is 1. The Bertz CT molecular complexity index is 955. The number of aromatic hydroxyl groups is 1. The molecule has 0 heterocycles. The third-order valence-corrected chi connectivity index (χ3v) is 6.78. The largest absolute Gasteiger partial charge is 0.550 e. The van der Waals surface area contributed by atoms with Crippen LogP contribution in [0, 0.1) is 5.92 Å². The summed E-state index contributed by atoms with van der Waals surface area (Å²) >= 11 is 7.82. The highest BCUT2D eigenvalue weighted by atomic mass is 35.5. The standard InChI is InChI=1S/C24H27ClO5S/c1-2-20(26)17-7-8-21(18(24(17)29)12-15-4-5-15)30-10-3-11-31-22-9-6-16(13-19(22)25)14-23(27)28/h6-9,13,15,29H,2-5,10-12,14H2,1H3,(H,27,28)/p-1. The second-order valence-corrected chi connectivity index (χ2v) is 9.27. The molecule has 1 fully saturated rings. The lowest BCUT2D eigenvalue weighted by Crippen LogP contribution is -2.24. The molecule has 2 aromatic rings. The lowest BCUT2D eigenvalue weighted by atomic mass is 9.99. The monoisotopic (exact) mass is 461 g/mol. The van der Waals surface area contributed by atoms with E-state index in [0.29, 0.717) is 40.8 Å². The molecule has 0 aliphatic heterocycles. The second-order valence-electron chi connectivity index (χ2n) is 7.73. The smallest absolute Gasteiger partial charge is 0.166 e. The highest BCUT2D eigenvalue weighted by molar-refractivity contribution is 7.99. The van der Waals surface area contributed by atoms with E-state index in [1.54, 1.807) is 43.0 Å². The van der Waals surface area contributed by atoms with Gasteiger partial charge < -0.3 is 19.7 Å². The number of aliphatic carboxylic acids is 1. The van der Waals surface area contributed by atoms with Crippen LogP contribution in [-0.2, 0) is 17.6 Å². The van der Waals surface area contributed by atoms with E-state index in [2.05, 4.69) is 0 Å². The maximum atomic E-state index is 12.1. The molecule has 0 radical (unpaired) electrons. The van der Waals surface area contributed by atoms with Gasteiger partial charge in [-0.3, -0.25) is 4.79 Å². The summed E-state index contributed by atoms with van der Waals surface area (Å²) in [5.41, 5.74) is 1.73. The Hall–Kier alpha value is -2.18. The summed E-state index contributed by atoms with van der Waals surface area (Å²) in [6.45, 7) is 2.26. The van der Waals surface area contributed by atoms with Crippen LogP contribution in [0.15, 0.2) is 35.2 Å². The molecule has 0 amide bonds. The highest BCUT2D eigenvalue weighted by Gasteiger charge is 2.26. The summed E-state index contributed by atoms with van der Waals surface area (Å²) in [5, 5.41) is 21.9. The second kappa shape index (κ2) is 10.9. The Kier molecular flexibility index (Phi) is 8.27. The van der Waals surface area contributed by atoms with Gasteiger partial charge in [-0.1, -0.05) is 24.6 Å². The van der Waals surface area contributed by atoms with Gasteiger partial charge >= 0.3 is 0 Å². The first-order chi connectivity index (χ1) is 14.9. The van der Waals surface area contributed by atoms with Crippen LogP contribution >= 0.6 is 23.4 Å². The van der Waals surface area contributed by atoms with Crippen LogP contribution in [0.2, 0.25) is 5.02 Å². The van der Waals surface area contributed by atoms with Crippen molar-refractivity contribution < 1.29 is 24.5 Å². The molecule has 0 bridgehead atoms. The van der Waals surface area contributed by atoms with E-state index >= 15 is 0 Å². The molecule has 166 valence electrons. The van der Waals surface area contributed by atoms with E-state index in [9.17, 15) is 19.8 Å². The van der Waals surface area contributed by atoms with Crippen molar-refractivity contribution in [1.82, 2.24) is 0 Å². The summed E-state index contributed by atoms with van der Waals surface area (Å²) in [6.07, 6.45) is 3.98. The lowest BCUT2D eigenvalue weighted by molar-refractivity contribution is -0.304. The number of Topliss-reactive ketones (excluding diaryl/α,β-unsaturated/α-hetero) is 1. The van der Waals surface area contributed by atoms with Crippen LogP contribution in [0.4, 0.5) is 0 Å². The number of carboxylic acid groups (broad SMARTS) is 1. The number of rotatable bonds is 12. The number of ketones is 1. The summed E-state index contributed by atoms with van der Waals surface area (Å²) in [5.74, 6) is 0.835. The molecule has 1 aliphatic rings. The van der Waals surface area contributed by atoms with Crippen molar-refractivity contribution in [2.24, 2.45) is 5.92 Å². The zero-order valence-corrected chi connectivity index (χ0v) is 19.1. The van der Waals surface area contributed by atoms with Gasteiger partial charge in [0.25, 0.3) is 0 Å². The van der Waals surface area contributed by atoms with Crippen molar-refractivity contribution in [3.63, 3.8) is 0 Å². The van der Waals surface area contributed by atoms with Crippen molar-refractivity contribution in [2.45, 2.75) is 50.3 Å². The molecular formula is C24H26ClO5S-. The molecule has 3 rings (SSSR count). The van der Waals surface area contributed by atoms with Crippen LogP contribution in [0.3, 0.4) is 0 Å². The van der Waals surface area contributed by atoms with Gasteiger partial charge in [-0.2, -0.15) is 0 Å². The molecule has 7 heteroatoms. The highest BCUT2D eigenvalue weighted by Crippen LogP contribution is 2.40. The number of phenolic OH excluding ortho intramolecular Hbond substituents is 1. The average molecular weight is 462 g/mol. The predicted octanol–water partition coefficient (Wildman–Crippen LogP) is 4.44. The number of hydrogen-bond donors (Lipinski definition) is 1. The maximum Gasteiger partial charge on any atom is 0.166 e. The van der Waals surface area contributed by atoms with Crippen LogP contribution in [0.5, 0.6) is 11.5 Å². The molecule has 2 aromatic carbocycles. The van der Waals surface area contributed by atoms with Crippen molar-refractivity contribution in [2.75, 3.05) is 12.4 Å². The number of carboxylic acids is 1. The quantitative estimate of drug-likeness (QED) is 0.285. The molecule has 5 nitrogen and oxygen atoms in total. The van der Waals surface area contributed by atoms with E-state index in [1.807, 2.05) is 6.07 Å². The summed E-state index contributed by atoms with van der Waals surface area (Å²) in [6, 6.07) is 8.66. The Morgan fingerprint density at radius 3 is 2.68 bits per heavy atom. The minimum absolute atomic E-state index is 0.0639. The van der Waals surface area contributed by atoms with Crippen molar-refractivity contribution in [1.29, 1.82) is 0 Å². The van der Waals surface area contributed by atoms with E-state index in [1.165, 1.54) is 0 Å². The molecule has 0 aromatic heterocycles. The summed E-state index contributed by atoms with van der Waals surface area (Å²) < 4.78 is 5.96. The fraction of sp³-hybridized carbons (Fsp3) is 0.417. The first-order valence-corrected chi connectivity index (χ1v) is 11.9. The van der Waals surface area contributed by atoms with Crippen LogP contribution < -0.4 is 9.84 Å². The fourth-order valence-electron chi connectivity index (χ4n) is 3.34. The minimum Gasteiger partial charge on any atom is -0.550 e. The van der Waals surface area contributed by atoms with Crippen LogP contribution in [0.25, 0.3) is 0 Å². The van der Waals surface area contributed by atoms with Gasteiger partial charge in [0.05, 0.1) is 17.2 Å². The molecule has 1 aliphatic carbocycles. The number of carbonyl (C=O) groups excluding carboxylic acids is 2. The number of phenols is 1. The van der Waals surface area contributed by atoms with Gasteiger partial charge in [-0.05, 0) is 61.4 Å². The molecular weight excluding hydrogens is 436 g/mol. The Labute approximate surface area is 191 Å². The lowest BCUT2D eigenvalue weighted by Gasteiger charge is -2.15. The van der Waals surface area contributed by atoms with Crippen molar-refractivity contribution in [3.05, 3.63) is 52.0 Å². The summed E-state index contributed by atoms with van der Waals surface area (Å²) in [4.78, 5) is 23.7. The molecule has 0 saturated heterocycles. The Morgan fingerprint density at radius 2 is 2.03 bits per heavy atom. The first kappa shape index (κ1) is 23.5. The van der Waals surface area contributed by atoms with Gasteiger partial charge in [0, 0.05) is 35.0 Å². The van der Waals surface area contributed by atoms with Gasteiger partial charge in [0.1, 0.15) is 11.5 Å². The number of benzene rings is 2. The molecule has 1 saturated carbocycles. The van der Waals surface area contributed by atoms with E-state index in [0.717, 1.165) is 41.9 Å². The van der Waals surface area contributed by atoms with Crippen LogP contribution in [-0.4, -0.2) is 29.2 Å². The first-order valence-electron chi connectivity index (χ1n) is 10.5. The number of carbonyl (C=O) groups is 2. The van der Waals surface area contributed by atoms with Crippen LogP contribution in [0.1, 0.15) is 54.1 Å². The SMILES string of the molecule is CCC(=O)c1ccc(OCCCSc2ccc(CC(=O)[O-])cc2Cl)c(CC2CC2)c1O. The molecule has 0 atom stereocenters. The molecule has 0 unspecified atom stereocenters. The molecule has 0 spiro atoms. The third kappa shape index (κ3) is 6.65. The zero-order valence-electron chi connectivity index (χ0n) is 17.5. The van der Waals surface area contributed by atoms with Gasteiger partial charge in [-0.15, -0.1) is 11.8 Å². The molecule has 1 N–H and O–H groups in total. The van der Waals surface area contributed by atoms with E-state index < -0.39 is 5.97 Å². The molecule has 31 heavy (non-hydrogen) atoms. The van der Waals surface area contributed by atoms with E-state index in [-0.39, 0.29) is 18.0 Å². The van der Waals surface area contributed by atoms with Gasteiger partial charge in [0.15, 0.2) is 5.78 Å². The fourth-order valence-corrected chi connectivity index (χ4v) is 4.55. The van der Waals surface area contributed by atoms with E-state index in [4.69, 9.17) is 16.3 Å². The van der Waals surface area contributed by atoms with Crippen molar-refractivity contribution in [3.8, 4) is 11.5 Å². The topological polar surface area (TPSA) is 86.7 Å². The Balaban J connectivity index is 1.55. The number of hydrogen-bond acceptors (Lipinski definition) is 6. The third-order valence-electron chi connectivity index (χ3n) is 5.20. The van der Waals surface area contributed by atoms with Gasteiger partial charge in [-0.25, -0.2) is 0 Å².